The van der Waals surface area contributed by atoms with E-state index in [9.17, 15) is 0 Å². The van der Waals surface area contributed by atoms with Gasteiger partial charge in [0.05, 0.1) is 18.8 Å². The van der Waals surface area contributed by atoms with Crippen LogP contribution in [0.3, 0.4) is 0 Å². The summed E-state index contributed by atoms with van der Waals surface area (Å²) in [6.45, 7) is 3.04. The van der Waals surface area contributed by atoms with E-state index in [4.69, 9.17) is 4.74 Å². The first-order valence-electron chi connectivity index (χ1n) is 8.32. The van der Waals surface area contributed by atoms with E-state index >= 15 is 0 Å². The Morgan fingerprint density at radius 1 is 1.17 bits per heavy atom. The molecule has 1 aromatic carbocycles. The molecule has 1 aromatic heterocycles. The minimum Gasteiger partial charge on any atom is -0.381 e. The number of guanidine groups is 1. The highest BCUT2D eigenvalue weighted by Crippen LogP contribution is 1.99. The number of aryl methyl sites for hydroxylation is 1. The van der Waals surface area contributed by atoms with E-state index < -0.39 is 0 Å². The summed E-state index contributed by atoms with van der Waals surface area (Å²) in [5.74, 6) is 0.792. The molecule has 2 N–H and O–H groups in total. The molecule has 2 rings (SSSR count). The Bertz CT molecular complexity index is 609. The summed E-state index contributed by atoms with van der Waals surface area (Å²) >= 11 is 0. The molecule has 6 nitrogen and oxygen atoms in total. The van der Waals surface area contributed by atoms with Gasteiger partial charge in [-0.25, -0.2) is 0 Å². The summed E-state index contributed by atoms with van der Waals surface area (Å²) in [5.41, 5.74) is 2.43. The number of ether oxygens (including phenoxy) is 1. The van der Waals surface area contributed by atoms with Crippen molar-refractivity contribution in [3.8, 4) is 0 Å². The fourth-order valence-electron chi connectivity index (χ4n) is 2.29. The molecule has 2 aromatic rings. The lowest BCUT2D eigenvalue weighted by Gasteiger charge is -2.12. The van der Waals surface area contributed by atoms with Crippen molar-refractivity contribution in [1.29, 1.82) is 0 Å². The smallest absolute Gasteiger partial charge is 0.191 e. The van der Waals surface area contributed by atoms with Crippen LogP contribution < -0.4 is 10.6 Å². The SMILES string of the molecule is CN=C(NCCCOCCc1ccccc1)NCc1ccnn1C. The Hall–Kier alpha value is -2.34. The Morgan fingerprint density at radius 3 is 2.71 bits per heavy atom. The molecule has 130 valence electrons. The molecule has 24 heavy (non-hydrogen) atoms. The van der Waals surface area contributed by atoms with E-state index in [2.05, 4.69) is 45.0 Å². The van der Waals surface area contributed by atoms with E-state index in [0.29, 0.717) is 6.54 Å². The highest BCUT2D eigenvalue weighted by atomic mass is 16.5. The summed E-state index contributed by atoms with van der Waals surface area (Å²) in [6, 6.07) is 12.4. The highest BCUT2D eigenvalue weighted by Gasteiger charge is 2.01. The van der Waals surface area contributed by atoms with Crippen molar-refractivity contribution >= 4 is 5.96 Å². The summed E-state index contributed by atoms with van der Waals surface area (Å²) in [7, 11) is 3.70. The van der Waals surface area contributed by atoms with E-state index in [-0.39, 0.29) is 0 Å². The van der Waals surface area contributed by atoms with Crippen LogP contribution in [-0.2, 0) is 24.8 Å². The summed E-state index contributed by atoms with van der Waals surface area (Å²) < 4.78 is 7.52. The average Bonchev–Trinajstić information content (AvgIpc) is 3.02. The van der Waals surface area contributed by atoms with Crippen LogP contribution in [0.4, 0.5) is 0 Å². The van der Waals surface area contributed by atoms with Gasteiger partial charge in [-0.15, -0.1) is 0 Å². The van der Waals surface area contributed by atoms with Gasteiger partial charge in [-0.05, 0) is 24.5 Å². The Kier molecular flexibility index (Phi) is 7.83. The molecule has 0 aliphatic rings. The number of rotatable bonds is 9. The third-order valence-electron chi connectivity index (χ3n) is 3.72. The molecule has 0 saturated carbocycles. The van der Waals surface area contributed by atoms with Gasteiger partial charge in [0.25, 0.3) is 0 Å². The molecule has 0 fully saturated rings. The monoisotopic (exact) mass is 329 g/mol. The molecular formula is C18H27N5O. The Labute approximate surface area is 143 Å². The van der Waals surface area contributed by atoms with Crippen molar-refractivity contribution in [2.45, 2.75) is 19.4 Å². The zero-order valence-electron chi connectivity index (χ0n) is 14.5. The van der Waals surface area contributed by atoms with Gasteiger partial charge in [0.15, 0.2) is 5.96 Å². The lowest BCUT2D eigenvalue weighted by Crippen LogP contribution is -2.38. The van der Waals surface area contributed by atoms with E-state index in [0.717, 1.165) is 44.3 Å². The number of hydrogen-bond acceptors (Lipinski definition) is 3. The van der Waals surface area contributed by atoms with Gasteiger partial charge >= 0.3 is 0 Å². The predicted molar refractivity (Wildman–Crippen MR) is 97.0 cm³/mol. The van der Waals surface area contributed by atoms with Crippen LogP contribution in [0.1, 0.15) is 17.7 Å². The third-order valence-corrected chi connectivity index (χ3v) is 3.72. The van der Waals surface area contributed by atoms with Crippen molar-refractivity contribution in [2.24, 2.45) is 12.0 Å². The maximum atomic E-state index is 5.68. The van der Waals surface area contributed by atoms with Crippen molar-refractivity contribution < 1.29 is 4.74 Å². The lowest BCUT2D eigenvalue weighted by atomic mass is 10.2. The van der Waals surface area contributed by atoms with Crippen LogP contribution in [0.15, 0.2) is 47.6 Å². The summed E-state index contributed by atoms with van der Waals surface area (Å²) in [4.78, 5) is 4.21. The first-order valence-corrected chi connectivity index (χ1v) is 8.32. The second-order valence-electron chi connectivity index (χ2n) is 5.50. The number of aliphatic imine (C=N–C) groups is 1. The maximum Gasteiger partial charge on any atom is 0.191 e. The molecule has 0 saturated heterocycles. The Morgan fingerprint density at radius 2 is 2.00 bits per heavy atom. The van der Waals surface area contributed by atoms with E-state index in [1.165, 1.54) is 5.56 Å². The molecule has 0 aliphatic carbocycles. The molecule has 0 spiro atoms. The molecule has 0 atom stereocenters. The largest absolute Gasteiger partial charge is 0.381 e. The predicted octanol–water partition coefficient (Wildman–Crippen LogP) is 1.73. The Balaban J connectivity index is 1.52. The van der Waals surface area contributed by atoms with Gasteiger partial charge in [-0.3, -0.25) is 9.67 Å². The minimum absolute atomic E-state index is 0.698. The molecular weight excluding hydrogens is 302 g/mol. The first-order chi connectivity index (χ1) is 11.8. The van der Waals surface area contributed by atoms with E-state index in [1.807, 2.05) is 23.9 Å². The van der Waals surface area contributed by atoms with Crippen LogP contribution >= 0.6 is 0 Å². The van der Waals surface area contributed by atoms with Gasteiger partial charge in [0, 0.05) is 33.4 Å². The van der Waals surface area contributed by atoms with Crippen LogP contribution in [0.25, 0.3) is 0 Å². The first kappa shape index (κ1) is 18.0. The fraction of sp³-hybridized carbons (Fsp3) is 0.444. The fourth-order valence-corrected chi connectivity index (χ4v) is 2.29. The quantitative estimate of drug-likeness (QED) is 0.418. The molecule has 0 radical (unpaired) electrons. The number of nitrogens with zero attached hydrogens (tertiary/aromatic N) is 3. The number of nitrogens with one attached hydrogen (secondary N) is 2. The van der Waals surface area contributed by atoms with Crippen molar-refractivity contribution in [2.75, 3.05) is 26.8 Å². The van der Waals surface area contributed by atoms with Crippen LogP contribution in [0.5, 0.6) is 0 Å². The van der Waals surface area contributed by atoms with Crippen LogP contribution in [0.2, 0.25) is 0 Å². The van der Waals surface area contributed by atoms with E-state index in [1.54, 1.807) is 13.2 Å². The third kappa shape index (κ3) is 6.42. The van der Waals surface area contributed by atoms with Gasteiger partial charge in [0.2, 0.25) is 0 Å². The summed E-state index contributed by atoms with van der Waals surface area (Å²) in [5, 5.41) is 10.7. The highest BCUT2D eigenvalue weighted by molar-refractivity contribution is 5.79. The van der Waals surface area contributed by atoms with Crippen molar-refractivity contribution in [1.82, 2.24) is 20.4 Å². The van der Waals surface area contributed by atoms with Gasteiger partial charge < -0.3 is 15.4 Å². The van der Waals surface area contributed by atoms with Gasteiger partial charge in [-0.1, -0.05) is 30.3 Å². The van der Waals surface area contributed by atoms with Crippen LogP contribution in [-0.4, -0.2) is 42.5 Å². The normalized spacial score (nSPS) is 11.5. The lowest BCUT2D eigenvalue weighted by molar-refractivity contribution is 0.135. The zero-order chi connectivity index (χ0) is 17.0. The number of aromatic nitrogens is 2. The molecule has 0 aliphatic heterocycles. The maximum absolute atomic E-state index is 5.68. The minimum atomic E-state index is 0.698. The van der Waals surface area contributed by atoms with Crippen LogP contribution in [0, 0.1) is 0 Å². The number of hydrogen-bond donors (Lipinski definition) is 2. The number of benzene rings is 1. The molecule has 0 bridgehead atoms. The summed E-state index contributed by atoms with van der Waals surface area (Å²) in [6.07, 6.45) is 3.70. The second kappa shape index (κ2) is 10.4. The van der Waals surface area contributed by atoms with Gasteiger partial charge in [0.1, 0.15) is 0 Å². The van der Waals surface area contributed by atoms with Crippen molar-refractivity contribution in [3.63, 3.8) is 0 Å². The topological polar surface area (TPSA) is 63.5 Å². The molecule has 6 heteroatoms. The second-order valence-corrected chi connectivity index (χ2v) is 5.50. The molecule has 0 amide bonds. The zero-order valence-corrected chi connectivity index (χ0v) is 14.5. The molecule has 1 heterocycles. The van der Waals surface area contributed by atoms with Crippen molar-refractivity contribution in [3.05, 3.63) is 53.9 Å². The standard InChI is InChI=1S/C18H27N5O/c1-19-18(21-15-17-9-12-22-23(17)2)20-11-6-13-24-14-10-16-7-4-3-5-8-16/h3-5,7-9,12H,6,10-11,13-15H2,1-2H3,(H2,19,20,21). The molecule has 0 unspecified atom stereocenters. The van der Waals surface area contributed by atoms with Gasteiger partial charge in [-0.2, -0.15) is 5.10 Å². The average molecular weight is 329 g/mol.